The Morgan fingerprint density at radius 2 is 2.21 bits per heavy atom. The zero-order chi connectivity index (χ0) is 13.6. The van der Waals surface area contributed by atoms with Crippen LogP contribution >= 0.6 is 11.3 Å². The Hall–Kier alpha value is -1.95. The number of aromatic nitrogens is 4. The highest BCUT2D eigenvalue weighted by Gasteiger charge is 2.19. The topological polar surface area (TPSA) is 63.1 Å². The molecule has 3 aromatic rings. The van der Waals surface area contributed by atoms with Crippen molar-refractivity contribution >= 4 is 17.1 Å². The zero-order valence-corrected chi connectivity index (χ0v) is 11.8. The molecule has 1 N–H and O–H groups in total. The van der Waals surface area contributed by atoms with Crippen LogP contribution in [-0.2, 0) is 0 Å². The molecule has 0 aliphatic carbocycles. The van der Waals surface area contributed by atoms with Crippen molar-refractivity contribution in [3.8, 4) is 10.6 Å². The number of thiophene rings is 1. The van der Waals surface area contributed by atoms with E-state index in [-0.39, 0.29) is 11.5 Å². The highest BCUT2D eigenvalue weighted by molar-refractivity contribution is 7.13. The van der Waals surface area contributed by atoms with Crippen molar-refractivity contribution in [2.45, 2.75) is 26.7 Å². The first kappa shape index (κ1) is 12.1. The van der Waals surface area contributed by atoms with Crippen molar-refractivity contribution in [3.05, 3.63) is 39.3 Å². The van der Waals surface area contributed by atoms with Gasteiger partial charge >= 0.3 is 0 Å². The third-order valence-electron chi connectivity index (χ3n) is 3.01. The Kier molecular flexibility index (Phi) is 2.74. The zero-order valence-electron chi connectivity index (χ0n) is 11.0. The number of nitrogens with zero attached hydrogens (tertiary/aromatic N) is 3. The molecule has 0 aromatic carbocycles. The van der Waals surface area contributed by atoms with Gasteiger partial charge in [0.05, 0.1) is 10.6 Å². The van der Waals surface area contributed by atoms with E-state index in [9.17, 15) is 4.79 Å². The van der Waals surface area contributed by atoms with Gasteiger partial charge < -0.3 is 0 Å². The molecule has 0 saturated carbocycles. The van der Waals surface area contributed by atoms with Crippen molar-refractivity contribution in [1.29, 1.82) is 0 Å². The first-order valence-electron chi connectivity index (χ1n) is 6.09. The van der Waals surface area contributed by atoms with Gasteiger partial charge in [-0.15, -0.1) is 11.3 Å². The Morgan fingerprint density at radius 3 is 2.84 bits per heavy atom. The maximum Gasteiger partial charge on any atom is 0.278 e. The van der Waals surface area contributed by atoms with Gasteiger partial charge in [-0.2, -0.15) is 4.52 Å². The van der Waals surface area contributed by atoms with Crippen LogP contribution in [0.4, 0.5) is 0 Å². The maximum atomic E-state index is 12.5. The molecule has 5 nitrogen and oxygen atoms in total. The summed E-state index contributed by atoms with van der Waals surface area (Å²) in [5, 5.41) is 4.86. The highest BCUT2D eigenvalue weighted by atomic mass is 32.1. The van der Waals surface area contributed by atoms with Crippen molar-refractivity contribution in [1.82, 2.24) is 19.6 Å². The second kappa shape index (κ2) is 4.31. The predicted octanol–water partition coefficient (Wildman–Crippen LogP) is 2.58. The quantitative estimate of drug-likeness (QED) is 0.781. The molecule has 0 aliphatic heterocycles. The van der Waals surface area contributed by atoms with Gasteiger partial charge in [-0.1, -0.05) is 13.8 Å². The summed E-state index contributed by atoms with van der Waals surface area (Å²) in [7, 11) is 0. The van der Waals surface area contributed by atoms with Crippen molar-refractivity contribution in [2.24, 2.45) is 0 Å². The van der Waals surface area contributed by atoms with Crippen LogP contribution in [0.15, 0.2) is 22.6 Å². The van der Waals surface area contributed by atoms with Crippen LogP contribution < -0.4 is 5.56 Å². The van der Waals surface area contributed by atoms with Gasteiger partial charge in [0.2, 0.25) is 0 Å². The molecule has 0 saturated heterocycles. The Morgan fingerprint density at radius 1 is 1.42 bits per heavy atom. The van der Waals surface area contributed by atoms with Crippen molar-refractivity contribution < 1.29 is 0 Å². The summed E-state index contributed by atoms with van der Waals surface area (Å²) < 4.78 is 1.39. The summed E-state index contributed by atoms with van der Waals surface area (Å²) in [6.45, 7) is 6.05. The van der Waals surface area contributed by atoms with Crippen LogP contribution in [0.3, 0.4) is 0 Å². The summed E-state index contributed by atoms with van der Waals surface area (Å²) in [6, 6.07) is 2.06. The molecule has 0 fully saturated rings. The van der Waals surface area contributed by atoms with E-state index < -0.39 is 0 Å². The molecule has 0 spiro atoms. The fraction of sp³-hybridized carbons (Fsp3) is 0.308. The number of hydrogen-bond acceptors (Lipinski definition) is 4. The fourth-order valence-electron chi connectivity index (χ4n) is 2.13. The van der Waals surface area contributed by atoms with Crippen LogP contribution in [-0.4, -0.2) is 19.6 Å². The van der Waals surface area contributed by atoms with E-state index in [1.807, 2.05) is 20.8 Å². The molecule has 0 bridgehead atoms. The third kappa shape index (κ3) is 1.88. The summed E-state index contributed by atoms with van der Waals surface area (Å²) in [4.78, 5) is 22.1. The highest BCUT2D eigenvalue weighted by Crippen LogP contribution is 2.30. The van der Waals surface area contributed by atoms with Crippen LogP contribution in [0, 0.1) is 6.92 Å². The second-order valence-corrected chi connectivity index (χ2v) is 5.76. The molecule has 0 atom stereocenters. The molecule has 0 aliphatic rings. The predicted molar refractivity (Wildman–Crippen MR) is 75.7 cm³/mol. The average Bonchev–Trinajstić information content (AvgIpc) is 2.96. The molecule has 3 rings (SSSR count). The Labute approximate surface area is 113 Å². The molecular formula is C13H14N4OS. The van der Waals surface area contributed by atoms with Gasteiger partial charge in [0, 0.05) is 5.56 Å². The van der Waals surface area contributed by atoms with Gasteiger partial charge in [-0.25, -0.2) is 9.97 Å². The first-order chi connectivity index (χ1) is 9.08. The lowest BCUT2D eigenvalue weighted by atomic mass is 10.0. The van der Waals surface area contributed by atoms with Gasteiger partial charge in [0.1, 0.15) is 6.33 Å². The van der Waals surface area contributed by atoms with Gasteiger partial charge in [0.25, 0.3) is 11.3 Å². The number of fused-ring (bicyclic) bond motifs is 1. The number of rotatable bonds is 2. The van der Waals surface area contributed by atoms with E-state index in [4.69, 9.17) is 0 Å². The molecule has 0 radical (unpaired) electrons. The summed E-state index contributed by atoms with van der Waals surface area (Å²) in [5.74, 6) is 0.521. The smallest absolute Gasteiger partial charge is 0.278 e. The number of H-pyrrole nitrogens is 1. The van der Waals surface area contributed by atoms with Gasteiger partial charge in [0.15, 0.2) is 0 Å². The van der Waals surface area contributed by atoms with E-state index in [0.29, 0.717) is 5.78 Å². The number of hydrogen-bond donors (Lipinski definition) is 1. The molecule has 19 heavy (non-hydrogen) atoms. The molecule has 3 aromatic heterocycles. The van der Waals surface area contributed by atoms with E-state index in [2.05, 4.69) is 26.5 Å². The second-order valence-electron chi connectivity index (χ2n) is 4.84. The van der Waals surface area contributed by atoms with Gasteiger partial charge in [-0.05, 0) is 29.9 Å². The van der Waals surface area contributed by atoms with Crippen LogP contribution in [0.5, 0.6) is 0 Å². The summed E-state index contributed by atoms with van der Waals surface area (Å²) in [5.41, 5.74) is 2.59. The standard InChI is InChI=1S/C13H14N4OS/c1-7(2)10-11(9-4-8(3)5-19-9)16-13-14-6-15-17(13)12(10)18/h4-7H,1-3H3,(H,14,15,16). The normalized spacial score (nSPS) is 11.6. The Bertz CT molecular complexity index is 796. The molecule has 0 unspecified atom stereocenters. The minimum absolute atomic E-state index is 0.0708. The lowest BCUT2D eigenvalue weighted by Crippen LogP contribution is -2.22. The SMILES string of the molecule is Cc1csc(-c2nc3nc[nH]n3c(=O)c2C(C)C)c1. The molecule has 0 amide bonds. The molecule has 98 valence electrons. The van der Waals surface area contributed by atoms with E-state index >= 15 is 0 Å². The van der Waals surface area contributed by atoms with E-state index in [1.165, 1.54) is 16.4 Å². The molecule has 6 heteroatoms. The fourth-order valence-corrected chi connectivity index (χ4v) is 3.04. The van der Waals surface area contributed by atoms with E-state index in [0.717, 1.165) is 16.1 Å². The monoisotopic (exact) mass is 274 g/mol. The van der Waals surface area contributed by atoms with Crippen molar-refractivity contribution in [3.63, 3.8) is 0 Å². The number of aryl methyl sites for hydroxylation is 1. The number of aromatic amines is 1. The average molecular weight is 274 g/mol. The van der Waals surface area contributed by atoms with Crippen LogP contribution in [0.2, 0.25) is 0 Å². The lowest BCUT2D eigenvalue weighted by molar-refractivity contribution is 0.797. The summed E-state index contributed by atoms with van der Waals surface area (Å²) >= 11 is 1.61. The van der Waals surface area contributed by atoms with Crippen molar-refractivity contribution in [2.75, 3.05) is 0 Å². The maximum absolute atomic E-state index is 12.5. The van der Waals surface area contributed by atoms with Crippen LogP contribution in [0.25, 0.3) is 16.3 Å². The first-order valence-corrected chi connectivity index (χ1v) is 6.97. The van der Waals surface area contributed by atoms with E-state index in [1.54, 1.807) is 11.3 Å². The van der Waals surface area contributed by atoms with Gasteiger partial charge in [-0.3, -0.25) is 9.89 Å². The minimum Gasteiger partial charge on any atom is -0.278 e. The summed E-state index contributed by atoms with van der Waals surface area (Å²) in [6.07, 6.45) is 1.48. The minimum atomic E-state index is -0.0708. The molecule has 3 heterocycles. The Balaban J connectivity index is 2.39. The van der Waals surface area contributed by atoms with Crippen LogP contribution in [0.1, 0.15) is 30.9 Å². The molecular weight excluding hydrogens is 260 g/mol. The lowest BCUT2D eigenvalue weighted by Gasteiger charge is -2.09. The largest absolute Gasteiger partial charge is 0.278 e. The number of nitrogens with one attached hydrogen (secondary N) is 1. The third-order valence-corrected chi connectivity index (χ3v) is 4.06.